The molecule has 0 amide bonds. The maximum Gasteiger partial charge on any atom is 0.160 e. The van der Waals surface area contributed by atoms with Crippen LogP contribution >= 0.6 is 0 Å². The van der Waals surface area contributed by atoms with Gasteiger partial charge in [0, 0.05) is 44.2 Å². The molecule has 59 heavy (non-hydrogen) atoms. The van der Waals surface area contributed by atoms with E-state index in [1.807, 2.05) is 91.0 Å². The van der Waals surface area contributed by atoms with Crippen molar-refractivity contribution in [3.8, 4) is 45.7 Å². The van der Waals surface area contributed by atoms with Gasteiger partial charge in [0.1, 0.15) is 17.2 Å². The normalized spacial score (nSPS) is 11.4. The third-order valence-electron chi connectivity index (χ3n) is 11.0. The van der Waals surface area contributed by atoms with E-state index in [0.29, 0.717) is 11.4 Å². The van der Waals surface area contributed by atoms with Crippen molar-refractivity contribution in [1.29, 1.82) is 5.26 Å². The van der Waals surface area contributed by atoms with Crippen molar-refractivity contribution in [3.05, 3.63) is 206 Å². The van der Waals surface area contributed by atoms with Crippen molar-refractivity contribution < 1.29 is 4.42 Å². The van der Waals surface area contributed by atoms with Crippen LogP contribution in [0.25, 0.3) is 83.3 Å². The fourth-order valence-corrected chi connectivity index (χ4v) is 8.36. The molecule has 0 bridgehead atoms. The van der Waals surface area contributed by atoms with Gasteiger partial charge in [-0.3, -0.25) is 0 Å². The molecule has 8 aromatic carbocycles. The zero-order valence-electron chi connectivity index (χ0n) is 31.7. The predicted molar refractivity (Wildman–Crippen MR) is 239 cm³/mol. The van der Waals surface area contributed by atoms with Gasteiger partial charge in [0.05, 0.1) is 44.7 Å². The molecule has 11 rings (SSSR count). The number of furan rings is 1. The van der Waals surface area contributed by atoms with Gasteiger partial charge in [-0.15, -0.1) is 0 Å². The Labute approximate surface area is 340 Å². The summed E-state index contributed by atoms with van der Waals surface area (Å²) in [5.41, 5.74) is 12.0. The third-order valence-corrected chi connectivity index (χ3v) is 11.0. The van der Waals surface area contributed by atoms with Crippen molar-refractivity contribution in [2.24, 2.45) is 0 Å². The average Bonchev–Trinajstić information content (AvgIpc) is 3.86. The number of benzene rings is 8. The SMILES string of the molecule is N#Cc1cc(-c2nc(-c3ccccc3)cc(-c3ccccc3)n2)ccc1-n1c2ccccc2c2c3oc4ccccc4c3cc(N(c3ccccc3)c3ccccc3)c21. The highest BCUT2D eigenvalue weighted by atomic mass is 16.3. The maximum absolute atomic E-state index is 11.1. The number of hydrogen-bond donors (Lipinski definition) is 0. The molecule has 11 aromatic rings. The molecular formula is C53H33N5O. The maximum atomic E-state index is 11.1. The molecule has 276 valence electrons. The van der Waals surface area contributed by atoms with Gasteiger partial charge < -0.3 is 13.9 Å². The highest BCUT2D eigenvalue weighted by molar-refractivity contribution is 6.27. The van der Waals surface area contributed by atoms with Crippen LogP contribution in [0.2, 0.25) is 0 Å². The minimum atomic E-state index is 0.488. The molecule has 0 saturated carbocycles. The summed E-state index contributed by atoms with van der Waals surface area (Å²) < 4.78 is 9.01. The van der Waals surface area contributed by atoms with E-state index < -0.39 is 0 Å². The zero-order valence-corrected chi connectivity index (χ0v) is 31.7. The number of anilines is 3. The fraction of sp³-hybridized carbons (Fsp3) is 0. The summed E-state index contributed by atoms with van der Waals surface area (Å²) in [4.78, 5) is 12.5. The molecule has 3 heterocycles. The fourth-order valence-electron chi connectivity index (χ4n) is 8.36. The molecule has 0 aliphatic heterocycles. The van der Waals surface area contributed by atoms with E-state index in [0.717, 1.165) is 94.6 Å². The van der Waals surface area contributed by atoms with Gasteiger partial charge in [-0.2, -0.15) is 5.26 Å². The van der Waals surface area contributed by atoms with Gasteiger partial charge in [0.2, 0.25) is 0 Å². The van der Waals surface area contributed by atoms with Gasteiger partial charge in [-0.05, 0) is 66.7 Å². The summed E-state index contributed by atoms with van der Waals surface area (Å²) in [6, 6.07) is 70.5. The molecule has 6 nitrogen and oxygen atoms in total. The first kappa shape index (κ1) is 34.0. The Morgan fingerprint density at radius 3 is 1.69 bits per heavy atom. The van der Waals surface area contributed by atoms with Crippen molar-refractivity contribution in [3.63, 3.8) is 0 Å². The molecule has 0 saturated heterocycles. The Bertz CT molecular complexity index is 3290. The molecule has 0 N–H and O–H groups in total. The molecule has 0 unspecified atom stereocenters. The summed E-state index contributed by atoms with van der Waals surface area (Å²) in [5.74, 6) is 0.541. The quantitative estimate of drug-likeness (QED) is 0.162. The largest absolute Gasteiger partial charge is 0.455 e. The molecule has 3 aromatic heterocycles. The van der Waals surface area contributed by atoms with E-state index in [9.17, 15) is 5.26 Å². The highest BCUT2D eigenvalue weighted by Gasteiger charge is 2.27. The number of hydrogen-bond acceptors (Lipinski definition) is 5. The van der Waals surface area contributed by atoms with E-state index in [1.165, 1.54) is 0 Å². The molecule has 0 radical (unpaired) electrons. The van der Waals surface area contributed by atoms with Crippen LogP contribution in [-0.4, -0.2) is 14.5 Å². The smallest absolute Gasteiger partial charge is 0.160 e. The van der Waals surface area contributed by atoms with Crippen molar-refractivity contribution in [2.45, 2.75) is 0 Å². The summed E-state index contributed by atoms with van der Waals surface area (Å²) in [5, 5.41) is 15.1. The van der Waals surface area contributed by atoms with Crippen LogP contribution in [0.15, 0.2) is 205 Å². The predicted octanol–water partition coefficient (Wildman–Crippen LogP) is 13.8. The van der Waals surface area contributed by atoms with E-state index in [4.69, 9.17) is 14.4 Å². The number of aromatic nitrogens is 3. The lowest BCUT2D eigenvalue weighted by atomic mass is 10.0. The minimum absolute atomic E-state index is 0.488. The number of fused-ring (bicyclic) bond motifs is 7. The van der Waals surface area contributed by atoms with Crippen LogP contribution in [0.1, 0.15) is 5.56 Å². The van der Waals surface area contributed by atoms with E-state index >= 15 is 0 Å². The van der Waals surface area contributed by atoms with Crippen LogP contribution in [0, 0.1) is 11.3 Å². The second kappa shape index (κ2) is 14.0. The third kappa shape index (κ3) is 5.72. The van der Waals surface area contributed by atoms with E-state index in [-0.39, 0.29) is 0 Å². The first-order chi connectivity index (χ1) is 29.2. The Hall–Kier alpha value is -8.27. The molecule has 0 aliphatic rings. The zero-order chi connectivity index (χ0) is 39.3. The number of nitrogens with zero attached hydrogens (tertiary/aromatic N) is 5. The first-order valence-electron chi connectivity index (χ1n) is 19.6. The number of para-hydroxylation sites is 4. The molecule has 6 heteroatoms. The molecule has 0 fully saturated rings. The second-order valence-corrected chi connectivity index (χ2v) is 14.5. The Kier molecular flexibility index (Phi) is 8.09. The van der Waals surface area contributed by atoms with Crippen molar-refractivity contribution in [1.82, 2.24) is 14.5 Å². The lowest BCUT2D eigenvalue weighted by molar-refractivity contribution is 0.673. The monoisotopic (exact) mass is 755 g/mol. The Balaban J connectivity index is 1.21. The molecular weight excluding hydrogens is 723 g/mol. The topological polar surface area (TPSA) is 70.9 Å². The van der Waals surface area contributed by atoms with Gasteiger partial charge >= 0.3 is 0 Å². The Morgan fingerprint density at radius 1 is 0.508 bits per heavy atom. The molecule has 0 spiro atoms. The number of nitriles is 1. The second-order valence-electron chi connectivity index (χ2n) is 14.5. The Morgan fingerprint density at radius 2 is 1.07 bits per heavy atom. The average molecular weight is 756 g/mol. The summed E-state index contributed by atoms with van der Waals surface area (Å²) in [6.07, 6.45) is 0. The van der Waals surface area contributed by atoms with E-state index in [1.54, 1.807) is 0 Å². The van der Waals surface area contributed by atoms with Gasteiger partial charge in [-0.25, -0.2) is 9.97 Å². The lowest BCUT2D eigenvalue weighted by Crippen LogP contribution is -2.12. The standard InChI is InChI=1S/C53H33N5O/c54-34-38-31-37(53-55-44(35-17-5-1-6-18-35)33-45(56-53)36-19-7-2-8-20-36)29-30-46(38)58-47-27-15-13-26-42(47)50-51(58)48(32-43-41-25-14-16-28-49(41)59-52(43)50)57(39-21-9-3-10-22-39)40-23-11-4-12-24-40/h1-33H. The highest BCUT2D eigenvalue weighted by Crippen LogP contribution is 2.49. The van der Waals surface area contributed by atoms with E-state index in [2.05, 4.69) is 125 Å². The minimum Gasteiger partial charge on any atom is -0.455 e. The lowest BCUT2D eigenvalue weighted by Gasteiger charge is -2.27. The van der Waals surface area contributed by atoms with Crippen LogP contribution in [0.3, 0.4) is 0 Å². The van der Waals surface area contributed by atoms with Crippen molar-refractivity contribution >= 4 is 60.8 Å². The summed E-state index contributed by atoms with van der Waals surface area (Å²) in [7, 11) is 0. The van der Waals surface area contributed by atoms with Crippen molar-refractivity contribution in [2.75, 3.05) is 4.90 Å². The molecule has 0 aliphatic carbocycles. The van der Waals surface area contributed by atoms with Crippen LogP contribution in [0.5, 0.6) is 0 Å². The van der Waals surface area contributed by atoms with Gasteiger partial charge in [0.25, 0.3) is 0 Å². The summed E-state index contributed by atoms with van der Waals surface area (Å²) in [6.45, 7) is 0. The van der Waals surface area contributed by atoms with Crippen LogP contribution in [0.4, 0.5) is 17.1 Å². The van der Waals surface area contributed by atoms with Crippen LogP contribution < -0.4 is 4.90 Å². The first-order valence-corrected chi connectivity index (χ1v) is 19.6. The summed E-state index contributed by atoms with van der Waals surface area (Å²) >= 11 is 0. The van der Waals surface area contributed by atoms with Gasteiger partial charge in [-0.1, -0.05) is 133 Å². The number of rotatable bonds is 7. The van der Waals surface area contributed by atoms with Crippen LogP contribution in [-0.2, 0) is 0 Å². The molecule has 0 atom stereocenters. The van der Waals surface area contributed by atoms with Gasteiger partial charge in [0.15, 0.2) is 5.82 Å².